The molecule has 0 aliphatic rings. The molecule has 20 heavy (non-hydrogen) atoms. The van der Waals surface area contributed by atoms with Crippen molar-refractivity contribution < 1.29 is 9.47 Å². The molecular weight excluding hydrogens is 252 g/mol. The average Bonchev–Trinajstić information content (AvgIpc) is 2.41. The lowest BCUT2D eigenvalue weighted by molar-refractivity contribution is 0.0890. The summed E-state index contributed by atoms with van der Waals surface area (Å²) in [5.74, 6) is 0.898. The molecule has 4 heteroatoms. The highest BCUT2D eigenvalue weighted by molar-refractivity contribution is 5.27. The Morgan fingerprint density at radius 3 is 2.35 bits per heavy atom. The zero-order chi connectivity index (χ0) is 14.8. The molecule has 0 radical (unpaired) electrons. The highest BCUT2D eigenvalue weighted by atomic mass is 16.5. The molecular formula is C16H28N2O2. The summed E-state index contributed by atoms with van der Waals surface area (Å²) < 4.78 is 11.1. The van der Waals surface area contributed by atoms with Crippen LogP contribution in [0.1, 0.15) is 19.4 Å². The fourth-order valence-corrected chi connectivity index (χ4v) is 1.59. The minimum Gasteiger partial charge on any atom is -0.491 e. The molecule has 0 aliphatic carbocycles. The minimum absolute atomic E-state index is 0.505. The van der Waals surface area contributed by atoms with E-state index in [-0.39, 0.29) is 0 Å². The maximum atomic E-state index is 5.63. The lowest BCUT2D eigenvalue weighted by Crippen LogP contribution is -2.21. The van der Waals surface area contributed by atoms with E-state index in [0.29, 0.717) is 19.3 Å². The molecule has 1 N–H and O–H groups in total. The lowest BCUT2D eigenvalue weighted by atomic mass is 10.2. The van der Waals surface area contributed by atoms with Crippen LogP contribution in [0.2, 0.25) is 0 Å². The molecule has 0 aliphatic heterocycles. The smallest absolute Gasteiger partial charge is 0.119 e. The van der Waals surface area contributed by atoms with Crippen LogP contribution in [0.4, 0.5) is 0 Å². The molecule has 114 valence electrons. The predicted octanol–water partition coefficient (Wildman–Crippen LogP) is 2.14. The number of benzene rings is 1. The number of nitrogens with zero attached hydrogens (tertiary/aromatic N) is 1. The standard InChI is InChI=1S/C16H28N2O2/c1-14(2)17-13-15-5-7-16(8-6-15)20-12-11-19-10-9-18(3)4/h5-8,14,17H,9-13H2,1-4H3. The summed E-state index contributed by atoms with van der Waals surface area (Å²) in [5, 5.41) is 3.39. The molecule has 0 unspecified atom stereocenters. The van der Waals surface area contributed by atoms with Crippen LogP contribution in [-0.2, 0) is 11.3 Å². The number of hydrogen-bond acceptors (Lipinski definition) is 4. The SMILES string of the molecule is CC(C)NCc1ccc(OCCOCCN(C)C)cc1. The van der Waals surface area contributed by atoms with Gasteiger partial charge in [0.1, 0.15) is 12.4 Å². The fraction of sp³-hybridized carbons (Fsp3) is 0.625. The van der Waals surface area contributed by atoms with Crippen molar-refractivity contribution in [3.8, 4) is 5.75 Å². The van der Waals surface area contributed by atoms with Gasteiger partial charge >= 0.3 is 0 Å². The normalized spacial score (nSPS) is 11.3. The molecule has 0 bridgehead atoms. The van der Waals surface area contributed by atoms with Gasteiger partial charge in [-0.1, -0.05) is 26.0 Å². The van der Waals surface area contributed by atoms with Gasteiger partial charge in [0.15, 0.2) is 0 Å². The molecule has 0 atom stereocenters. The van der Waals surface area contributed by atoms with Crippen LogP contribution in [0.15, 0.2) is 24.3 Å². The number of nitrogens with one attached hydrogen (secondary N) is 1. The van der Waals surface area contributed by atoms with E-state index >= 15 is 0 Å². The van der Waals surface area contributed by atoms with E-state index in [1.54, 1.807) is 0 Å². The van der Waals surface area contributed by atoms with Crippen molar-refractivity contribution in [2.75, 3.05) is 40.5 Å². The van der Waals surface area contributed by atoms with Gasteiger partial charge in [-0.2, -0.15) is 0 Å². The molecule has 0 heterocycles. The molecule has 0 fully saturated rings. The van der Waals surface area contributed by atoms with Crippen molar-refractivity contribution in [3.05, 3.63) is 29.8 Å². The van der Waals surface area contributed by atoms with E-state index in [1.165, 1.54) is 5.56 Å². The summed E-state index contributed by atoms with van der Waals surface area (Å²) in [6, 6.07) is 8.72. The van der Waals surface area contributed by atoms with Crippen molar-refractivity contribution >= 4 is 0 Å². The zero-order valence-corrected chi connectivity index (χ0v) is 13.2. The Morgan fingerprint density at radius 1 is 1.05 bits per heavy atom. The quantitative estimate of drug-likeness (QED) is 0.666. The van der Waals surface area contributed by atoms with Crippen LogP contribution < -0.4 is 10.1 Å². The van der Waals surface area contributed by atoms with E-state index in [2.05, 4.69) is 36.2 Å². The summed E-state index contributed by atoms with van der Waals surface area (Å²) in [6.07, 6.45) is 0. The first kappa shape index (κ1) is 17.0. The van der Waals surface area contributed by atoms with Crippen molar-refractivity contribution in [2.24, 2.45) is 0 Å². The second-order valence-corrected chi connectivity index (χ2v) is 5.44. The summed E-state index contributed by atoms with van der Waals surface area (Å²) >= 11 is 0. The second-order valence-electron chi connectivity index (χ2n) is 5.44. The molecule has 0 spiro atoms. The summed E-state index contributed by atoms with van der Waals surface area (Å²) in [4.78, 5) is 2.10. The highest BCUT2D eigenvalue weighted by Crippen LogP contribution is 2.12. The Morgan fingerprint density at radius 2 is 1.75 bits per heavy atom. The third-order valence-corrected chi connectivity index (χ3v) is 2.82. The van der Waals surface area contributed by atoms with Crippen LogP contribution >= 0.6 is 0 Å². The van der Waals surface area contributed by atoms with Gasteiger partial charge < -0.3 is 19.7 Å². The molecule has 1 rings (SSSR count). The number of ether oxygens (including phenoxy) is 2. The highest BCUT2D eigenvalue weighted by Gasteiger charge is 1.98. The summed E-state index contributed by atoms with van der Waals surface area (Å²) in [5.41, 5.74) is 1.27. The molecule has 0 saturated carbocycles. The zero-order valence-electron chi connectivity index (χ0n) is 13.2. The number of hydrogen-bond donors (Lipinski definition) is 1. The average molecular weight is 280 g/mol. The van der Waals surface area contributed by atoms with Gasteiger partial charge in [0.2, 0.25) is 0 Å². The van der Waals surface area contributed by atoms with Crippen LogP contribution in [0.5, 0.6) is 5.75 Å². The van der Waals surface area contributed by atoms with Gasteiger partial charge in [-0.05, 0) is 31.8 Å². The van der Waals surface area contributed by atoms with Gasteiger partial charge in [-0.3, -0.25) is 0 Å². The second kappa shape index (κ2) is 9.75. The van der Waals surface area contributed by atoms with E-state index in [4.69, 9.17) is 9.47 Å². The first-order chi connectivity index (χ1) is 9.58. The first-order valence-corrected chi connectivity index (χ1v) is 7.25. The third-order valence-electron chi connectivity index (χ3n) is 2.82. The van der Waals surface area contributed by atoms with Gasteiger partial charge in [0.25, 0.3) is 0 Å². The van der Waals surface area contributed by atoms with Crippen LogP contribution in [0.25, 0.3) is 0 Å². The van der Waals surface area contributed by atoms with Gasteiger partial charge in [-0.15, -0.1) is 0 Å². The van der Waals surface area contributed by atoms with Crippen molar-refractivity contribution in [2.45, 2.75) is 26.4 Å². The van der Waals surface area contributed by atoms with Gasteiger partial charge in [0, 0.05) is 19.1 Å². The van der Waals surface area contributed by atoms with E-state index in [0.717, 1.165) is 25.4 Å². The minimum atomic E-state index is 0.505. The third kappa shape index (κ3) is 8.15. The largest absolute Gasteiger partial charge is 0.491 e. The maximum Gasteiger partial charge on any atom is 0.119 e. The predicted molar refractivity (Wildman–Crippen MR) is 83.3 cm³/mol. The van der Waals surface area contributed by atoms with E-state index in [1.807, 2.05) is 26.2 Å². The van der Waals surface area contributed by atoms with Gasteiger partial charge in [0.05, 0.1) is 13.2 Å². The molecule has 1 aromatic rings. The molecule has 0 amide bonds. The molecule has 0 saturated heterocycles. The maximum absolute atomic E-state index is 5.63. The molecule has 4 nitrogen and oxygen atoms in total. The Labute approximate surface area is 123 Å². The first-order valence-electron chi connectivity index (χ1n) is 7.25. The van der Waals surface area contributed by atoms with Crippen molar-refractivity contribution in [3.63, 3.8) is 0 Å². The molecule has 1 aromatic carbocycles. The summed E-state index contributed by atoms with van der Waals surface area (Å²) in [7, 11) is 4.07. The van der Waals surface area contributed by atoms with Crippen LogP contribution in [-0.4, -0.2) is 51.4 Å². The van der Waals surface area contributed by atoms with E-state index < -0.39 is 0 Å². The topological polar surface area (TPSA) is 33.7 Å². The Hall–Kier alpha value is -1.10. The Bertz CT molecular complexity index is 350. The molecule has 0 aromatic heterocycles. The van der Waals surface area contributed by atoms with Crippen LogP contribution in [0, 0.1) is 0 Å². The monoisotopic (exact) mass is 280 g/mol. The van der Waals surface area contributed by atoms with Gasteiger partial charge in [-0.25, -0.2) is 0 Å². The van der Waals surface area contributed by atoms with Crippen LogP contribution in [0.3, 0.4) is 0 Å². The summed E-state index contributed by atoms with van der Waals surface area (Å²) in [6.45, 7) is 8.10. The number of rotatable bonds is 10. The Kier molecular flexibility index (Phi) is 8.26. The Balaban J connectivity index is 2.15. The lowest BCUT2D eigenvalue weighted by Gasteiger charge is -2.11. The van der Waals surface area contributed by atoms with Crippen molar-refractivity contribution in [1.82, 2.24) is 10.2 Å². The van der Waals surface area contributed by atoms with E-state index in [9.17, 15) is 0 Å². The number of likely N-dealkylation sites (N-methyl/N-ethyl adjacent to an activating group) is 1. The van der Waals surface area contributed by atoms with Crippen molar-refractivity contribution in [1.29, 1.82) is 0 Å². The fourth-order valence-electron chi connectivity index (χ4n) is 1.59.